The van der Waals surface area contributed by atoms with E-state index in [9.17, 15) is 0 Å². The molecule has 3 heteroatoms. The Bertz CT molecular complexity index is 68.8. The van der Waals surface area contributed by atoms with Crippen LogP contribution in [-0.4, -0.2) is 33.7 Å². The lowest BCUT2D eigenvalue weighted by molar-refractivity contribution is -0.933. The fourth-order valence-electron chi connectivity index (χ4n) is 0.692. The van der Waals surface area contributed by atoms with Crippen molar-refractivity contribution in [2.75, 3.05) is 27.3 Å². The minimum atomic E-state index is -0.0185. The molecule has 0 spiro atoms. The van der Waals surface area contributed by atoms with Crippen LogP contribution in [0.2, 0.25) is 0 Å². The van der Waals surface area contributed by atoms with Crippen molar-refractivity contribution >= 4 is 0 Å². The third-order valence-electron chi connectivity index (χ3n) is 1.09. The van der Waals surface area contributed by atoms with Gasteiger partial charge in [0.2, 0.25) is 0 Å². The van der Waals surface area contributed by atoms with Crippen molar-refractivity contribution in [1.82, 2.24) is 0 Å². The van der Waals surface area contributed by atoms with E-state index in [4.69, 9.17) is 9.47 Å². The van der Waals surface area contributed by atoms with Crippen LogP contribution in [-0.2, 0) is 9.47 Å². The molecule has 1 aliphatic heterocycles. The van der Waals surface area contributed by atoms with Crippen LogP contribution in [0, 0.1) is 0 Å². The normalized spacial score (nSPS) is 22.9. The van der Waals surface area contributed by atoms with Crippen LogP contribution in [0.25, 0.3) is 0 Å². The standard InChI is InChI=1S/C5H11NO2/c1-6(2)5-7-3-4-8-5/h5H,3-4H2,1-2H3/p+1. The summed E-state index contributed by atoms with van der Waals surface area (Å²) in [5.41, 5.74) is 0. The van der Waals surface area contributed by atoms with Crippen molar-refractivity contribution in [3.63, 3.8) is 0 Å². The Balaban J connectivity index is 2.24. The first-order valence-corrected chi connectivity index (χ1v) is 2.84. The van der Waals surface area contributed by atoms with Gasteiger partial charge in [-0.15, -0.1) is 0 Å². The summed E-state index contributed by atoms with van der Waals surface area (Å²) in [5.74, 6) is 0. The van der Waals surface area contributed by atoms with Crippen LogP contribution in [0.15, 0.2) is 0 Å². The summed E-state index contributed by atoms with van der Waals surface area (Å²) in [6.07, 6.45) is -0.0185. The van der Waals surface area contributed by atoms with Crippen LogP contribution in [0.4, 0.5) is 0 Å². The second-order valence-corrected chi connectivity index (χ2v) is 2.15. The highest BCUT2D eigenvalue weighted by atomic mass is 16.7. The number of ether oxygens (including phenoxy) is 2. The molecule has 8 heavy (non-hydrogen) atoms. The van der Waals surface area contributed by atoms with E-state index < -0.39 is 0 Å². The maximum atomic E-state index is 5.16. The summed E-state index contributed by atoms with van der Waals surface area (Å²) >= 11 is 0. The Morgan fingerprint density at radius 2 is 1.75 bits per heavy atom. The molecular formula is C5H12NO2+. The monoisotopic (exact) mass is 118 g/mol. The molecule has 3 nitrogen and oxygen atoms in total. The van der Waals surface area contributed by atoms with E-state index in [0.29, 0.717) is 0 Å². The van der Waals surface area contributed by atoms with Gasteiger partial charge in [-0.3, -0.25) is 4.90 Å². The second-order valence-electron chi connectivity index (χ2n) is 2.15. The summed E-state index contributed by atoms with van der Waals surface area (Å²) in [5, 5.41) is 0. The van der Waals surface area contributed by atoms with Gasteiger partial charge in [-0.25, -0.2) is 0 Å². The summed E-state index contributed by atoms with van der Waals surface area (Å²) < 4.78 is 10.3. The molecule has 0 saturated carbocycles. The van der Waals surface area contributed by atoms with Gasteiger partial charge in [0.05, 0.1) is 27.3 Å². The zero-order valence-corrected chi connectivity index (χ0v) is 5.31. The van der Waals surface area contributed by atoms with E-state index in [1.165, 1.54) is 4.90 Å². The van der Waals surface area contributed by atoms with Gasteiger partial charge < -0.3 is 9.47 Å². The zero-order valence-electron chi connectivity index (χ0n) is 5.31. The lowest BCUT2D eigenvalue weighted by Gasteiger charge is -2.12. The Morgan fingerprint density at radius 3 is 2.00 bits per heavy atom. The van der Waals surface area contributed by atoms with Crippen molar-refractivity contribution in [2.45, 2.75) is 6.41 Å². The number of nitrogens with one attached hydrogen (secondary N) is 1. The van der Waals surface area contributed by atoms with Crippen LogP contribution in [0.5, 0.6) is 0 Å². The summed E-state index contributed by atoms with van der Waals surface area (Å²) in [6, 6.07) is 0. The molecule has 0 atom stereocenters. The lowest BCUT2D eigenvalue weighted by Crippen LogP contribution is -3.10. The molecule has 0 aromatic heterocycles. The number of quaternary nitrogens is 1. The van der Waals surface area contributed by atoms with Crippen molar-refractivity contribution in [3.05, 3.63) is 0 Å². The topological polar surface area (TPSA) is 22.9 Å². The van der Waals surface area contributed by atoms with Crippen LogP contribution < -0.4 is 4.90 Å². The van der Waals surface area contributed by atoms with E-state index in [1.54, 1.807) is 0 Å². The molecule has 0 aliphatic carbocycles. The van der Waals surface area contributed by atoms with Crippen molar-refractivity contribution in [3.8, 4) is 0 Å². The van der Waals surface area contributed by atoms with Gasteiger partial charge in [-0.2, -0.15) is 0 Å². The predicted octanol–water partition coefficient (Wildman–Crippen LogP) is -1.54. The third kappa shape index (κ3) is 1.18. The Kier molecular flexibility index (Phi) is 1.83. The first-order valence-electron chi connectivity index (χ1n) is 2.84. The molecule has 1 aliphatic rings. The average molecular weight is 118 g/mol. The molecule has 1 N–H and O–H groups in total. The Labute approximate surface area is 49.2 Å². The molecule has 48 valence electrons. The van der Waals surface area contributed by atoms with Gasteiger partial charge in [-0.1, -0.05) is 0 Å². The third-order valence-corrected chi connectivity index (χ3v) is 1.09. The van der Waals surface area contributed by atoms with E-state index >= 15 is 0 Å². The molecule has 0 aromatic carbocycles. The summed E-state index contributed by atoms with van der Waals surface area (Å²) in [7, 11) is 4.02. The maximum absolute atomic E-state index is 5.16. The zero-order chi connectivity index (χ0) is 5.98. The highest BCUT2D eigenvalue weighted by Crippen LogP contribution is 1.93. The predicted molar refractivity (Wildman–Crippen MR) is 28.5 cm³/mol. The molecule has 1 heterocycles. The molecule has 0 unspecified atom stereocenters. The Morgan fingerprint density at radius 1 is 1.25 bits per heavy atom. The smallest absolute Gasteiger partial charge is 0.303 e. The highest BCUT2D eigenvalue weighted by Gasteiger charge is 2.20. The van der Waals surface area contributed by atoms with Crippen molar-refractivity contribution in [1.29, 1.82) is 0 Å². The van der Waals surface area contributed by atoms with Crippen LogP contribution in [0.3, 0.4) is 0 Å². The fraction of sp³-hybridized carbons (Fsp3) is 1.00. The van der Waals surface area contributed by atoms with Gasteiger partial charge in [0, 0.05) is 0 Å². The number of hydrogen-bond donors (Lipinski definition) is 1. The molecule has 1 saturated heterocycles. The van der Waals surface area contributed by atoms with E-state index in [2.05, 4.69) is 0 Å². The molecular weight excluding hydrogens is 106 g/mol. The number of hydrogen-bond acceptors (Lipinski definition) is 2. The van der Waals surface area contributed by atoms with Gasteiger partial charge in [0.25, 0.3) is 0 Å². The van der Waals surface area contributed by atoms with Crippen LogP contribution >= 0.6 is 0 Å². The first kappa shape index (κ1) is 6.01. The lowest BCUT2D eigenvalue weighted by atomic mass is 10.8. The van der Waals surface area contributed by atoms with Crippen molar-refractivity contribution in [2.24, 2.45) is 0 Å². The second kappa shape index (κ2) is 2.44. The summed E-state index contributed by atoms with van der Waals surface area (Å²) in [4.78, 5) is 1.20. The SMILES string of the molecule is C[NH+](C)C1OCCO1. The average Bonchev–Trinajstić information content (AvgIpc) is 2.12. The van der Waals surface area contributed by atoms with Crippen molar-refractivity contribution < 1.29 is 14.4 Å². The minimum absolute atomic E-state index is 0.0185. The van der Waals surface area contributed by atoms with E-state index in [0.717, 1.165) is 13.2 Å². The molecule has 0 aromatic rings. The quantitative estimate of drug-likeness (QED) is 0.451. The van der Waals surface area contributed by atoms with Gasteiger partial charge in [0.15, 0.2) is 0 Å². The van der Waals surface area contributed by atoms with E-state index in [-0.39, 0.29) is 6.41 Å². The molecule has 0 amide bonds. The molecule has 0 bridgehead atoms. The van der Waals surface area contributed by atoms with Gasteiger partial charge in [0.1, 0.15) is 0 Å². The first-order chi connectivity index (χ1) is 3.80. The maximum Gasteiger partial charge on any atom is 0.307 e. The molecule has 1 fully saturated rings. The van der Waals surface area contributed by atoms with Crippen LogP contribution in [0.1, 0.15) is 0 Å². The number of rotatable bonds is 1. The summed E-state index contributed by atoms with van der Waals surface area (Å²) in [6.45, 7) is 1.49. The highest BCUT2D eigenvalue weighted by molar-refractivity contribution is 4.34. The minimum Gasteiger partial charge on any atom is -0.303 e. The molecule has 0 radical (unpaired) electrons. The fourth-order valence-corrected chi connectivity index (χ4v) is 0.692. The largest absolute Gasteiger partial charge is 0.307 e. The molecule has 1 rings (SSSR count). The van der Waals surface area contributed by atoms with Gasteiger partial charge in [-0.05, 0) is 0 Å². The Hall–Kier alpha value is -0.120. The van der Waals surface area contributed by atoms with Gasteiger partial charge >= 0.3 is 6.41 Å². The van der Waals surface area contributed by atoms with E-state index in [1.807, 2.05) is 14.1 Å².